The first-order chi connectivity index (χ1) is 8.39. The number of piperidine rings is 1. The summed E-state index contributed by atoms with van der Waals surface area (Å²) in [4.78, 5) is -0.165. The van der Waals surface area contributed by atoms with Gasteiger partial charge >= 0.3 is 0 Å². The maximum absolute atomic E-state index is 13.8. The van der Waals surface area contributed by atoms with Gasteiger partial charge < -0.3 is 5.32 Å². The SMILES string of the molecule is CS(=O)(=O)c1cc(F)c(F)c(C2CCCNC2)c1. The van der Waals surface area contributed by atoms with E-state index in [1.54, 1.807) is 0 Å². The van der Waals surface area contributed by atoms with Crippen LogP contribution in [0.5, 0.6) is 0 Å². The summed E-state index contributed by atoms with van der Waals surface area (Å²) in [5.41, 5.74) is 0.155. The summed E-state index contributed by atoms with van der Waals surface area (Å²) in [6.07, 6.45) is 2.59. The van der Waals surface area contributed by atoms with E-state index in [9.17, 15) is 17.2 Å². The largest absolute Gasteiger partial charge is 0.316 e. The van der Waals surface area contributed by atoms with Crippen molar-refractivity contribution < 1.29 is 17.2 Å². The monoisotopic (exact) mass is 275 g/mol. The van der Waals surface area contributed by atoms with E-state index in [0.717, 1.165) is 31.7 Å². The molecule has 0 saturated carbocycles. The highest BCUT2D eigenvalue weighted by atomic mass is 32.2. The summed E-state index contributed by atoms with van der Waals surface area (Å²) in [5, 5.41) is 3.10. The Bertz CT molecular complexity index is 551. The highest BCUT2D eigenvalue weighted by molar-refractivity contribution is 7.90. The second-order valence-electron chi connectivity index (χ2n) is 4.62. The van der Waals surface area contributed by atoms with Crippen LogP contribution in [0.2, 0.25) is 0 Å². The molecule has 18 heavy (non-hydrogen) atoms. The van der Waals surface area contributed by atoms with Gasteiger partial charge in [0.25, 0.3) is 0 Å². The third-order valence-electron chi connectivity index (χ3n) is 3.19. The van der Waals surface area contributed by atoms with Gasteiger partial charge in [-0.05, 0) is 43.0 Å². The number of hydrogen-bond acceptors (Lipinski definition) is 3. The molecule has 2 rings (SSSR count). The van der Waals surface area contributed by atoms with Crippen LogP contribution in [-0.4, -0.2) is 27.8 Å². The molecule has 0 aromatic heterocycles. The molecule has 1 heterocycles. The van der Waals surface area contributed by atoms with Crippen LogP contribution in [0.4, 0.5) is 8.78 Å². The second kappa shape index (κ2) is 4.93. The predicted octanol–water partition coefficient (Wildman–Crippen LogP) is 1.84. The molecule has 100 valence electrons. The molecule has 0 aliphatic carbocycles. The molecule has 0 spiro atoms. The topological polar surface area (TPSA) is 46.2 Å². The molecule has 1 fully saturated rings. The quantitative estimate of drug-likeness (QED) is 0.838. The van der Waals surface area contributed by atoms with Crippen LogP contribution in [0.15, 0.2) is 17.0 Å². The summed E-state index contributed by atoms with van der Waals surface area (Å²) >= 11 is 0. The number of rotatable bonds is 2. The molecule has 1 saturated heterocycles. The first-order valence-electron chi connectivity index (χ1n) is 5.79. The average molecular weight is 275 g/mol. The number of sulfone groups is 1. The number of benzene rings is 1. The molecular formula is C12H15F2NO2S. The van der Waals surface area contributed by atoms with Crippen LogP contribution in [-0.2, 0) is 9.84 Å². The Morgan fingerprint density at radius 2 is 2.06 bits per heavy atom. The zero-order valence-corrected chi connectivity index (χ0v) is 10.9. The van der Waals surface area contributed by atoms with Gasteiger partial charge in [-0.3, -0.25) is 0 Å². The fourth-order valence-electron chi connectivity index (χ4n) is 2.21. The molecule has 1 aromatic rings. The van der Waals surface area contributed by atoms with Crippen LogP contribution in [0, 0.1) is 11.6 Å². The minimum absolute atomic E-state index is 0.155. The lowest BCUT2D eigenvalue weighted by molar-refractivity contribution is 0.429. The Morgan fingerprint density at radius 1 is 1.33 bits per heavy atom. The Kier molecular flexibility index (Phi) is 3.68. The molecular weight excluding hydrogens is 260 g/mol. The smallest absolute Gasteiger partial charge is 0.175 e. The van der Waals surface area contributed by atoms with Gasteiger partial charge in [0, 0.05) is 12.8 Å². The van der Waals surface area contributed by atoms with E-state index in [0.29, 0.717) is 6.54 Å². The van der Waals surface area contributed by atoms with Crippen molar-refractivity contribution in [2.24, 2.45) is 0 Å². The minimum atomic E-state index is -3.53. The van der Waals surface area contributed by atoms with Crippen molar-refractivity contribution in [1.82, 2.24) is 5.32 Å². The Balaban J connectivity index is 2.48. The van der Waals surface area contributed by atoms with E-state index in [4.69, 9.17) is 0 Å². The van der Waals surface area contributed by atoms with E-state index in [-0.39, 0.29) is 16.4 Å². The van der Waals surface area contributed by atoms with Crippen molar-refractivity contribution in [3.05, 3.63) is 29.3 Å². The normalized spacial score (nSPS) is 20.9. The third kappa shape index (κ3) is 2.70. The second-order valence-corrected chi connectivity index (χ2v) is 6.64. The van der Waals surface area contributed by atoms with Gasteiger partial charge in [-0.15, -0.1) is 0 Å². The van der Waals surface area contributed by atoms with Gasteiger partial charge in [-0.2, -0.15) is 0 Å². The molecule has 6 heteroatoms. The van der Waals surface area contributed by atoms with Crippen molar-refractivity contribution in [2.45, 2.75) is 23.7 Å². The molecule has 1 N–H and O–H groups in total. The van der Waals surface area contributed by atoms with Crippen LogP contribution in [0.3, 0.4) is 0 Å². The van der Waals surface area contributed by atoms with E-state index < -0.39 is 21.5 Å². The molecule has 0 bridgehead atoms. The number of nitrogens with one attached hydrogen (secondary N) is 1. The molecule has 1 aliphatic rings. The molecule has 0 amide bonds. The summed E-state index contributed by atoms with van der Waals surface area (Å²) < 4.78 is 50.1. The van der Waals surface area contributed by atoms with Crippen molar-refractivity contribution in [1.29, 1.82) is 0 Å². The van der Waals surface area contributed by atoms with Crippen LogP contribution in [0.1, 0.15) is 24.3 Å². The molecule has 1 aromatic carbocycles. The van der Waals surface area contributed by atoms with Gasteiger partial charge in [0.1, 0.15) is 0 Å². The molecule has 1 aliphatic heterocycles. The number of halogens is 2. The van der Waals surface area contributed by atoms with Crippen molar-refractivity contribution >= 4 is 9.84 Å². The standard InChI is InChI=1S/C12H15F2NO2S/c1-18(16,17)9-5-10(12(14)11(13)6-9)8-3-2-4-15-7-8/h5-6,8,15H,2-4,7H2,1H3. The molecule has 1 unspecified atom stereocenters. The zero-order valence-electron chi connectivity index (χ0n) is 10.0. The Labute approximate surface area is 105 Å². The highest BCUT2D eigenvalue weighted by Crippen LogP contribution is 2.29. The van der Waals surface area contributed by atoms with Gasteiger partial charge in [0.15, 0.2) is 21.5 Å². The van der Waals surface area contributed by atoms with Crippen LogP contribution < -0.4 is 5.32 Å². The molecule has 3 nitrogen and oxygen atoms in total. The van der Waals surface area contributed by atoms with E-state index >= 15 is 0 Å². The lowest BCUT2D eigenvalue weighted by Gasteiger charge is -2.24. The van der Waals surface area contributed by atoms with Crippen molar-refractivity contribution in [3.8, 4) is 0 Å². The lowest BCUT2D eigenvalue weighted by atomic mass is 9.91. The van der Waals surface area contributed by atoms with Crippen LogP contribution in [0.25, 0.3) is 0 Å². The molecule has 1 atom stereocenters. The van der Waals surface area contributed by atoms with E-state index in [1.165, 1.54) is 6.07 Å². The summed E-state index contributed by atoms with van der Waals surface area (Å²) in [5.74, 6) is -2.20. The van der Waals surface area contributed by atoms with E-state index in [1.807, 2.05) is 0 Å². The fourth-order valence-corrected chi connectivity index (χ4v) is 2.87. The van der Waals surface area contributed by atoms with Crippen molar-refractivity contribution in [3.63, 3.8) is 0 Å². The average Bonchev–Trinajstić information content (AvgIpc) is 2.32. The minimum Gasteiger partial charge on any atom is -0.316 e. The predicted molar refractivity (Wildman–Crippen MR) is 64.3 cm³/mol. The first kappa shape index (κ1) is 13.4. The maximum Gasteiger partial charge on any atom is 0.175 e. The summed E-state index contributed by atoms with van der Waals surface area (Å²) in [7, 11) is -3.53. The van der Waals surface area contributed by atoms with Crippen LogP contribution >= 0.6 is 0 Å². The Morgan fingerprint density at radius 3 is 2.61 bits per heavy atom. The lowest BCUT2D eigenvalue weighted by Crippen LogP contribution is -2.29. The third-order valence-corrected chi connectivity index (χ3v) is 4.29. The Hall–Kier alpha value is -1.01. The summed E-state index contributed by atoms with van der Waals surface area (Å²) in [6, 6.07) is 2.00. The van der Waals surface area contributed by atoms with Gasteiger partial charge in [-0.1, -0.05) is 0 Å². The summed E-state index contributed by atoms with van der Waals surface area (Å²) in [6.45, 7) is 1.40. The fraction of sp³-hybridized carbons (Fsp3) is 0.500. The maximum atomic E-state index is 13.8. The zero-order chi connectivity index (χ0) is 13.3. The van der Waals surface area contributed by atoms with Crippen molar-refractivity contribution in [2.75, 3.05) is 19.3 Å². The van der Waals surface area contributed by atoms with Gasteiger partial charge in [0.2, 0.25) is 0 Å². The first-order valence-corrected chi connectivity index (χ1v) is 7.68. The highest BCUT2D eigenvalue weighted by Gasteiger charge is 2.23. The van der Waals surface area contributed by atoms with Gasteiger partial charge in [-0.25, -0.2) is 17.2 Å². The van der Waals surface area contributed by atoms with E-state index in [2.05, 4.69) is 5.32 Å². The molecule has 0 radical (unpaired) electrons. The number of hydrogen-bond donors (Lipinski definition) is 1. The van der Waals surface area contributed by atoms with Gasteiger partial charge in [0.05, 0.1) is 4.90 Å².